The topological polar surface area (TPSA) is 86.1 Å². The molecular weight excluding hydrogens is 387 g/mol. The van der Waals surface area contributed by atoms with Gasteiger partial charge in [0.1, 0.15) is 17.4 Å². The number of aromatic nitrogens is 3. The molecule has 1 N–H and O–H groups in total. The Hall–Kier alpha value is -2.48. The van der Waals surface area contributed by atoms with E-state index in [-0.39, 0.29) is 40.0 Å². The molecule has 3 fully saturated rings. The maximum atomic E-state index is 13.4. The molecule has 9 heteroatoms. The second-order valence-corrected chi connectivity index (χ2v) is 8.34. The van der Waals surface area contributed by atoms with Gasteiger partial charge in [-0.25, -0.2) is 14.1 Å². The number of halogens is 2. The molecule has 5 rings (SSSR count). The number of carbonyl (C=O) groups excluding carboxylic acids is 2. The van der Waals surface area contributed by atoms with E-state index < -0.39 is 5.82 Å². The number of hydrogen-bond donors (Lipinski definition) is 1. The Morgan fingerprint density at radius 3 is 2.68 bits per heavy atom. The number of Topliss-reactive ketones (excluding diaryl/α,β-unsaturated/α-hetero) is 1. The molecule has 148 valence electrons. The lowest BCUT2D eigenvalue weighted by Gasteiger charge is -2.70. The number of nitrogens with zero attached hydrogens (tertiary/aromatic N) is 3. The van der Waals surface area contributed by atoms with E-state index in [9.17, 15) is 14.0 Å². The average Bonchev–Trinajstić information content (AvgIpc) is 2.91. The normalized spacial score (nSPS) is 24.9. The maximum Gasteiger partial charge on any atom is 0.258 e. The molecular formula is C19H20ClFN4O3. The third-order valence-corrected chi connectivity index (χ3v) is 5.77. The molecule has 1 aromatic carbocycles. The summed E-state index contributed by atoms with van der Waals surface area (Å²) in [5.41, 5.74) is -0.299. The van der Waals surface area contributed by atoms with E-state index in [1.54, 1.807) is 14.0 Å². The minimum atomic E-state index is -0.594. The second kappa shape index (κ2) is 6.55. The lowest BCUT2D eigenvalue weighted by molar-refractivity contribution is -0.164. The van der Waals surface area contributed by atoms with Gasteiger partial charge in [-0.15, -0.1) is 0 Å². The van der Waals surface area contributed by atoms with Crippen molar-refractivity contribution in [1.29, 1.82) is 0 Å². The summed E-state index contributed by atoms with van der Waals surface area (Å²) in [5, 5.41) is 7.09. The highest BCUT2D eigenvalue weighted by molar-refractivity contribution is 6.30. The van der Waals surface area contributed by atoms with Crippen molar-refractivity contribution in [3.63, 3.8) is 0 Å². The Morgan fingerprint density at radius 1 is 1.36 bits per heavy atom. The van der Waals surface area contributed by atoms with E-state index in [0.717, 1.165) is 25.3 Å². The highest BCUT2D eigenvalue weighted by atomic mass is 35.5. The predicted octanol–water partition coefficient (Wildman–Crippen LogP) is 2.61. The number of hydrogen-bond acceptors (Lipinski definition) is 5. The number of aryl methyl sites for hydroxylation is 2. The summed E-state index contributed by atoms with van der Waals surface area (Å²) in [6, 6.07) is 4.03. The van der Waals surface area contributed by atoms with E-state index in [2.05, 4.69) is 15.4 Å². The molecule has 1 heterocycles. The number of ketones is 1. The van der Waals surface area contributed by atoms with Crippen LogP contribution in [0.1, 0.15) is 42.1 Å². The predicted molar refractivity (Wildman–Crippen MR) is 98.8 cm³/mol. The van der Waals surface area contributed by atoms with Crippen molar-refractivity contribution in [2.24, 2.45) is 12.5 Å². The Morgan fingerprint density at radius 2 is 2.07 bits per heavy atom. The molecule has 0 spiro atoms. The Labute approximate surface area is 166 Å². The highest BCUT2D eigenvalue weighted by Crippen LogP contribution is 2.69. The van der Waals surface area contributed by atoms with Crippen molar-refractivity contribution in [2.75, 3.05) is 6.61 Å². The van der Waals surface area contributed by atoms with Crippen molar-refractivity contribution in [3.05, 3.63) is 40.7 Å². The number of ether oxygens (including phenoxy) is 1. The van der Waals surface area contributed by atoms with Crippen LogP contribution in [0.3, 0.4) is 0 Å². The van der Waals surface area contributed by atoms with Crippen LogP contribution in [0.25, 0.3) is 0 Å². The van der Waals surface area contributed by atoms with Crippen LogP contribution in [0.5, 0.6) is 5.75 Å². The molecule has 2 aromatic rings. The van der Waals surface area contributed by atoms with Crippen molar-refractivity contribution in [2.45, 2.75) is 38.1 Å². The molecule has 7 nitrogen and oxygen atoms in total. The number of rotatable bonds is 7. The molecule has 3 aliphatic carbocycles. The van der Waals surface area contributed by atoms with Gasteiger partial charge in [0.15, 0.2) is 18.2 Å². The standard InChI is InChI=1S/C19H20ClFN4O3/c1-11-22-17(25(2)24-11)15(26)6-18-8-19(9-18,10-18)23-16(27)7-28-12-3-4-13(20)14(21)5-12/h3-5H,6-10H2,1-2H3,(H,23,27). The quantitative estimate of drug-likeness (QED) is 0.714. The van der Waals surface area contributed by atoms with Crippen molar-refractivity contribution >= 4 is 23.3 Å². The molecule has 0 radical (unpaired) electrons. The van der Waals surface area contributed by atoms with E-state index in [1.807, 2.05) is 0 Å². The molecule has 1 aromatic heterocycles. The van der Waals surface area contributed by atoms with Crippen LogP contribution >= 0.6 is 11.6 Å². The lowest BCUT2D eigenvalue weighted by Crippen LogP contribution is -2.75. The fourth-order valence-corrected chi connectivity index (χ4v) is 4.66. The summed E-state index contributed by atoms with van der Waals surface area (Å²) in [6.07, 6.45) is 2.72. The number of amides is 1. The van der Waals surface area contributed by atoms with Gasteiger partial charge in [0, 0.05) is 25.1 Å². The highest BCUT2D eigenvalue weighted by Gasteiger charge is 2.68. The first-order chi connectivity index (χ1) is 13.2. The Balaban J connectivity index is 1.25. The van der Waals surface area contributed by atoms with Crippen LogP contribution in [0.15, 0.2) is 18.2 Å². The van der Waals surface area contributed by atoms with Gasteiger partial charge in [0.2, 0.25) is 0 Å². The summed E-state index contributed by atoms with van der Waals surface area (Å²) < 4.78 is 20.2. The minimum absolute atomic E-state index is 0.00185. The molecule has 3 saturated carbocycles. The van der Waals surface area contributed by atoms with Crippen molar-refractivity contribution < 1.29 is 18.7 Å². The first kappa shape index (κ1) is 18.9. The molecule has 0 unspecified atom stereocenters. The van der Waals surface area contributed by atoms with E-state index >= 15 is 0 Å². The monoisotopic (exact) mass is 406 g/mol. The van der Waals surface area contributed by atoms with Crippen molar-refractivity contribution in [1.82, 2.24) is 20.1 Å². The van der Waals surface area contributed by atoms with Gasteiger partial charge in [-0.3, -0.25) is 9.59 Å². The molecule has 1 amide bonds. The fraction of sp³-hybridized carbons (Fsp3) is 0.474. The molecule has 0 aliphatic heterocycles. The van der Waals surface area contributed by atoms with Crippen LogP contribution in [0.2, 0.25) is 5.02 Å². The number of benzene rings is 1. The van der Waals surface area contributed by atoms with E-state index in [1.165, 1.54) is 16.8 Å². The fourth-order valence-electron chi connectivity index (χ4n) is 4.54. The van der Waals surface area contributed by atoms with Crippen LogP contribution < -0.4 is 10.1 Å². The number of carbonyl (C=O) groups is 2. The average molecular weight is 407 g/mol. The summed E-state index contributed by atoms with van der Waals surface area (Å²) in [4.78, 5) is 28.8. The first-order valence-electron chi connectivity index (χ1n) is 8.99. The summed E-state index contributed by atoms with van der Waals surface area (Å²) in [6.45, 7) is 1.55. The van der Waals surface area contributed by atoms with Gasteiger partial charge in [0.25, 0.3) is 5.91 Å². The van der Waals surface area contributed by atoms with Gasteiger partial charge in [-0.1, -0.05) is 11.6 Å². The Bertz CT molecular complexity index is 954. The summed E-state index contributed by atoms with van der Waals surface area (Å²) in [5.74, 6) is 0.325. The zero-order valence-corrected chi connectivity index (χ0v) is 16.3. The van der Waals surface area contributed by atoms with Crippen LogP contribution in [0, 0.1) is 18.2 Å². The first-order valence-corrected chi connectivity index (χ1v) is 9.37. The molecule has 0 saturated heterocycles. The third-order valence-electron chi connectivity index (χ3n) is 5.46. The largest absolute Gasteiger partial charge is 0.484 e. The van der Waals surface area contributed by atoms with Gasteiger partial charge in [-0.05, 0) is 43.7 Å². The molecule has 2 bridgehead atoms. The lowest BCUT2D eigenvalue weighted by atomic mass is 9.38. The zero-order valence-electron chi connectivity index (χ0n) is 15.6. The zero-order chi connectivity index (χ0) is 20.1. The molecule has 3 aliphatic rings. The van der Waals surface area contributed by atoms with Gasteiger partial charge >= 0.3 is 0 Å². The van der Waals surface area contributed by atoms with Crippen LogP contribution in [-0.2, 0) is 11.8 Å². The summed E-state index contributed by atoms with van der Waals surface area (Å²) >= 11 is 5.62. The maximum absolute atomic E-state index is 13.4. The second-order valence-electron chi connectivity index (χ2n) is 7.93. The molecule has 28 heavy (non-hydrogen) atoms. The van der Waals surface area contributed by atoms with Crippen LogP contribution in [0.4, 0.5) is 4.39 Å². The SMILES string of the molecule is Cc1nc(C(=O)CC23CC(NC(=O)COc4ccc(Cl)c(F)c4)(C2)C3)n(C)n1. The number of nitrogens with one attached hydrogen (secondary N) is 1. The van der Waals surface area contributed by atoms with Crippen molar-refractivity contribution in [3.8, 4) is 5.75 Å². The van der Waals surface area contributed by atoms with Gasteiger partial charge in [0.05, 0.1) is 5.02 Å². The minimum Gasteiger partial charge on any atom is -0.484 e. The van der Waals surface area contributed by atoms with E-state index in [4.69, 9.17) is 16.3 Å². The van der Waals surface area contributed by atoms with Gasteiger partial charge < -0.3 is 10.1 Å². The Kier molecular flexibility index (Phi) is 4.41. The summed E-state index contributed by atoms with van der Waals surface area (Å²) in [7, 11) is 1.71. The van der Waals surface area contributed by atoms with Crippen LogP contribution in [-0.4, -0.2) is 38.6 Å². The molecule has 0 atom stereocenters. The third kappa shape index (κ3) is 3.37. The van der Waals surface area contributed by atoms with E-state index in [0.29, 0.717) is 18.1 Å². The smallest absolute Gasteiger partial charge is 0.258 e. The van der Waals surface area contributed by atoms with Gasteiger partial charge in [-0.2, -0.15) is 5.10 Å².